The van der Waals surface area contributed by atoms with Gasteiger partial charge in [-0.25, -0.2) is 4.79 Å². The Morgan fingerprint density at radius 3 is 2.61 bits per heavy atom. The lowest BCUT2D eigenvalue weighted by Gasteiger charge is -2.10. The zero-order chi connectivity index (χ0) is 13.4. The van der Waals surface area contributed by atoms with Crippen LogP contribution < -0.4 is 0 Å². The van der Waals surface area contributed by atoms with Crippen LogP contribution in [0.5, 0.6) is 0 Å². The van der Waals surface area contributed by atoms with E-state index in [1.165, 1.54) is 7.11 Å². The van der Waals surface area contributed by atoms with E-state index in [2.05, 4.69) is 0 Å². The van der Waals surface area contributed by atoms with Gasteiger partial charge in [-0.05, 0) is 25.5 Å². The summed E-state index contributed by atoms with van der Waals surface area (Å²) in [7, 11) is 1.37. The van der Waals surface area contributed by atoms with Crippen molar-refractivity contribution in [2.24, 2.45) is 0 Å². The van der Waals surface area contributed by atoms with Gasteiger partial charge in [0.05, 0.1) is 38.6 Å². The standard InChI is InChI=1S/C14H20O4/c1-11(2)18-9-8-17-10-12-6-4-5-7-13(12)14(15)16-3/h4-7,11H,8-10H2,1-3H3. The molecule has 0 aliphatic heterocycles. The largest absolute Gasteiger partial charge is 0.465 e. The molecule has 100 valence electrons. The summed E-state index contributed by atoms with van der Waals surface area (Å²) in [5, 5.41) is 0. The summed E-state index contributed by atoms with van der Waals surface area (Å²) in [4.78, 5) is 11.5. The van der Waals surface area contributed by atoms with Gasteiger partial charge in [0, 0.05) is 0 Å². The fourth-order valence-electron chi connectivity index (χ4n) is 1.48. The molecule has 0 aromatic heterocycles. The van der Waals surface area contributed by atoms with E-state index < -0.39 is 0 Å². The van der Waals surface area contributed by atoms with Crippen LogP contribution >= 0.6 is 0 Å². The predicted octanol–water partition coefficient (Wildman–Crippen LogP) is 2.41. The molecule has 0 aliphatic carbocycles. The number of methoxy groups -OCH3 is 1. The van der Waals surface area contributed by atoms with Gasteiger partial charge in [-0.3, -0.25) is 0 Å². The molecule has 0 spiro atoms. The van der Waals surface area contributed by atoms with Crippen molar-refractivity contribution in [3.63, 3.8) is 0 Å². The summed E-state index contributed by atoms with van der Waals surface area (Å²) >= 11 is 0. The third kappa shape index (κ3) is 4.85. The highest BCUT2D eigenvalue weighted by Crippen LogP contribution is 2.11. The second-order valence-corrected chi connectivity index (χ2v) is 4.12. The molecule has 0 radical (unpaired) electrons. The Balaban J connectivity index is 2.44. The lowest BCUT2D eigenvalue weighted by atomic mass is 10.1. The van der Waals surface area contributed by atoms with Gasteiger partial charge >= 0.3 is 5.97 Å². The highest BCUT2D eigenvalue weighted by molar-refractivity contribution is 5.90. The first-order valence-corrected chi connectivity index (χ1v) is 6.00. The minimum Gasteiger partial charge on any atom is -0.465 e. The summed E-state index contributed by atoms with van der Waals surface area (Å²) in [5.41, 5.74) is 1.37. The van der Waals surface area contributed by atoms with Gasteiger partial charge in [-0.1, -0.05) is 18.2 Å². The summed E-state index contributed by atoms with van der Waals surface area (Å²) in [6, 6.07) is 7.26. The van der Waals surface area contributed by atoms with Crippen molar-refractivity contribution in [2.45, 2.75) is 26.6 Å². The molecule has 0 atom stereocenters. The SMILES string of the molecule is COC(=O)c1ccccc1COCCOC(C)C. The number of hydrogen-bond donors (Lipinski definition) is 0. The van der Waals surface area contributed by atoms with E-state index in [-0.39, 0.29) is 12.1 Å². The molecule has 18 heavy (non-hydrogen) atoms. The van der Waals surface area contributed by atoms with Crippen LogP contribution in [0, 0.1) is 0 Å². The van der Waals surface area contributed by atoms with Crippen molar-refractivity contribution in [1.82, 2.24) is 0 Å². The Morgan fingerprint density at radius 2 is 1.94 bits per heavy atom. The smallest absolute Gasteiger partial charge is 0.338 e. The molecule has 0 fully saturated rings. The molecule has 0 saturated carbocycles. The van der Waals surface area contributed by atoms with E-state index in [9.17, 15) is 4.79 Å². The number of carbonyl (C=O) groups is 1. The van der Waals surface area contributed by atoms with Gasteiger partial charge < -0.3 is 14.2 Å². The normalized spacial score (nSPS) is 10.7. The number of carbonyl (C=O) groups excluding carboxylic acids is 1. The van der Waals surface area contributed by atoms with Crippen LogP contribution in [0.2, 0.25) is 0 Å². The van der Waals surface area contributed by atoms with E-state index in [1.807, 2.05) is 26.0 Å². The van der Waals surface area contributed by atoms with Crippen molar-refractivity contribution in [3.8, 4) is 0 Å². The maximum absolute atomic E-state index is 11.5. The molecule has 0 saturated heterocycles. The molecule has 0 aliphatic rings. The Labute approximate surface area is 108 Å². The zero-order valence-corrected chi connectivity index (χ0v) is 11.1. The second kappa shape index (κ2) is 7.84. The maximum atomic E-state index is 11.5. The van der Waals surface area contributed by atoms with Crippen LogP contribution in [0.4, 0.5) is 0 Å². The highest BCUT2D eigenvalue weighted by atomic mass is 16.5. The monoisotopic (exact) mass is 252 g/mol. The van der Waals surface area contributed by atoms with Crippen LogP contribution in [0.25, 0.3) is 0 Å². The van der Waals surface area contributed by atoms with E-state index in [0.29, 0.717) is 25.4 Å². The third-order valence-electron chi connectivity index (χ3n) is 2.36. The van der Waals surface area contributed by atoms with Gasteiger partial charge in [0.1, 0.15) is 0 Å². The number of ether oxygens (including phenoxy) is 3. The number of esters is 1. The van der Waals surface area contributed by atoms with Crippen LogP contribution in [0.15, 0.2) is 24.3 Å². The fourth-order valence-corrected chi connectivity index (χ4v) is 1.48. The van der Waals surface area contributed by atoms with Crippen LogP contribution in [-0.2, 0) is 20.8 Å². The van der Waals surface area contributed by atoms with Crippen molar-refractivity contribution in [3.05, 3.63) is 35.4 Å². The lowest BCUT2D eigenvalue weighted by molar-refractivity contribution is 0.0140. The van der Waals surface area contributed by atoms with Crippen LogP contribution in [-0.4, -0.2) is 32.4 Å². The molecule has 0 N–H and O–H groups in total. The summed E-state index contributed by atoms with van der Waals surface area (Å²) < 4.78 is 15.6. The third-order valence-corrected chi connectivity index (χ3v) is 2.36. The number of rotatable bonds is 7. The van der Waals surface area contributed by atoms with Gasteiger partial charge in [0.15, 0.2) is 0 Å². The summed E-state index contributed by atoms with van der Waals surface area (Å²) in [6.45, 7) is 5.40. The Hall–Kier alpha value is -1.39. The first kappa shape index (κ1) is 14.7. The Bertz CT molecular complexity index is 374. The molecule has 0 heterocycles. The minimum absolute atomic E-state index is 0.205. The zero-order valence-electron chi connectivity index (χ0n) is 11.1. The molecule has 0 amide bonds. The van der Waals surface area contributed by atoms with Gasteiger partial charge in [0.2, 0.25) is 0 Å². The molecule has 1 rings (SSSR count). The van der Waals surface area contributed by atoms with Gasteiger partial charge in [-0.2, -0.15) is 0 Å². The van der Waals surface area contributed by atoms with Gasteiger partial charge in [0.25, 0.3) is 0 Å². The van der Waals surface area contributed by atoms with Crippen LogP contribution in [0.1, 0.15) is 29.8 Å². The van der Waals surface area contributed by atoms with E-state index in [0.717, 1.165) is 5.56 Å². The van der Waals surface area contributed by atoms with Crippen molar-refractivity contribution < 1.29 is 19.0 Å². The Morgan fingerprint density at radius 1 is 1.22 bits per heavy atom. The van der Waals surface area contributed by atoms with Crippen molar-refractivity contribution in [2.75, 3.05) is 20.3 Å². The molecule has 0 unspecified atom stereocenters. The van der Waals surface area contributed by atoms with Crippen LogP contribution in [0.3, 0.4) is 0 Å². The predicted molar refractivity (Wildman–Crippen MR) is 68.5 cm³/mol. The molecular weight excluding hydrogens is 232 g/mol. The topological polar surface area (TPSA) is 44.8 Å². The molecule has 1 aromatic carbocycles. The number of benzene rings is 1. The maximum Gasteiger partial charge on any atom is 0.338 e. The summed E-state index contributed by atoms with van der Waals surface area (Å²) in [6.07, 6.45) is 0.205. The van der Waals surface area contributed by atoms with E-state index in [4.69, 9.17) is 14.2 Å². The fraction of sp³-hybridized carbons (Fsp3) is 0.500. The molecule has 4 nitrogen and oxygen atoms in total. The molecular formula is C14H20O4. The lowest BCUT2D eigenvalue weighted by Crippen LogP contribution is -2.11. The molecule has 4 heteroatoms. The Kier molecular flexibility index (Phi) is 6.39. The highest BCUT2D eigenvalue weighted by Gasteiger charge is 2.10. The molecule has 0 bridgehead atoms. The quantitative estimate of drug-likeness (QED) is 0.552. The van der Waals surface area contributed by atoms with E-state index >= 15 is 0 Å². The second-order valence-electron chi connectivity index (χ2n) is 4.12. The summed E-state index contributed by atoms with van der Waals surface area (Å²) in [5.74, 6) is -0.340. The van der Waals surface area contributed by atoms with Crippen molar-refractivity contribution >= 4 is 5.97 Å². The van der Waals surface area contributed by atoms with E-state index in [1.54, 1.807) is 12.1 Å². The van der Waals surface area contributed by atoms with Crippen molar-refractivity contribution in [1.29, 1.82) is 0 Å². The minimum atomic E-state index is -0.340. The average Bonchev–Trinajstić information content (AvgIpc) is 2.37. The first-order chi connectivity index (χ1) is 8.65. The molecule has 1 aromatic rings. The van der Waals surface area contributed by atoms with Gasteiger partial charge in [-0.15, -0.1) is 0 Å². The average molecular weight is 252 g/mol. The number of hydrogen-bond acceptors (Lipinski definition) is 4. The first-order valence-electron chi connectivity index (χ1n) is 6.00.